The minimum absolute atomic E-state index is 0.493. The molecule has 2 aromatic rings. The van der Waals surface area contributed by atoms with Crippen molar-refractivity contribution in [3.63, 3.8) is 0 Å². The molecule has 0 atom stereocenters. The van der Waals surface area contributed by atoms with Crippen LogP contribution in [0.2, 0.25) is 0 Å². The standard InChI is InChI=1S/C13H12N2OS/c1-8-9(2)12(16-3)5-4-10(8)11-7-17-13(6-14)15-11/h4-5,7H,1-3H3. The molecule has 0 fully saturated rings. The van der Waals surface area contributed by atoms with Crippen LogP contribution in [0.1, 0.15) is 16.1 Å². The van der Waals surface area contributed by atoms with Gasteiger partial charge in [0.15, 0.2) is 5.01 Å². The van der Waals surface area contributed by atoms with Crippen molar-refractivity contribution in [2.24, 2.45) is 0 Å². The fourth-order valence-electron chi connectivity index (χ4n) is 1.74. The number of hydrogen-bond acceptors (Lipinski definition) is 4. The third-order valence-electron chi connectivity index (χ3n) is 2.83. The van der Waals surface area contributed by atoms with Gasteiger partial charge >= 0.3 is 0 Å². The Labute approximate surface area is 104 Å². The van der Waals surface area contributed by atoms with E-state index in [0.717, 1.165) is 28.1 Å². The molecule has 0 aliphatic heterocycles. The summed E-state index contributed by atoms with van der Waals surface area (Å²) in [6.45, 7) is 4.06. The van der Waals surface area contributed by atoms with Gasteiger partial charge in [0.2, 0.25) is 0 Å². The van der Waals surface area contributed by atoms with Crippen LogP contribution in [0, 0.1) is 25.2 Å². The van der Waals surface area contributed by atoms with Crippen molar-refractivity contribution in [3.8, 4) is 23.1 Å². The summed E-state index contributed by atoms with van der Waals surface area (Å²) in [5.74, 6) is 0.877. The van der Waals surface area contributed by atoms with E-state index >= 15 is 0 Å². The minimum Gasteiger partial charge on any atom is -0.496 e. The smallest absolute Gasteiger partial charge is 0.194 e. The number of thiazole rings is 1. The highest BCUT2D eigenvalue weighted by molar-refractivity contribution is 7.10. The van der Waals surface area contributed by atoms with E-state index in [2.05, 4.69) is 11.1 Å². The van der Waals surface area contributed by atoms with E-state index in [0.29, 0.717) is 5.01 Å². The number of nitriles is 1. The van der Waals surface area contributed by atoms with Gasteiger partial charge in [0.05, 0.1) is 12.8 Å². The number of nitrogens with zero attached hydrogens (tertiary/aromatic N) is 2. The minimum atomic E-state index is 0.493. The van der Waals surface area contributed by atoms with Gasteiger partial charge in [-0.15, -0.1) is 11.3 Å². The lowest BCUT2D eigenvalue weighted by atomic mass is 10.0. The molecule has 17 heavy (non-hydrogen) atoms. The van der Waals surface area contributed by atoms with Gasteiger partial charge in [-0.2, -0.15) is 5.26 Å². The van der Waals surface area contributed by atoms with Crippen LogP contribution in [0.15, 0.2) is 17.5 Å². The predicted molar refractivity (Wildman–Crippen MR) is 68.3 cm³/mol. The molecule has 0 radical (unpaired) electrons. The molecule has 0 saturated carbocycles. The molecule has 0 saturated heterocycles. The summed E-state index contributed by atoms with van der Waals surface area (Å²) in [5, 5.41) is 11.2. The molecule has 2 rings (SSSR count). The summed E-state index contributed by atoms with van der Waals surface area (Å²) >= 11 is 1.37. The average molecular weight is 244 g/mol. The third kappa shape index (κ3) is 2.02. The molecule has 1 aromatic carbocycles. The Balaban J connectivity index is 2.54. The Morgan fingerprint density at radius 1 is 1.29 bits per heavy atom. The van der Waals surface area contributed by atoms with Gasteiger partial charge < -0.3 is 4.74 Å². The Kier molecular flexibility index (Phi) is 3.12. The van der Waals surface area contributed by atoms with Gasteiger partial charge in [-0.05, 0) is 37.1 Å². The first kappa shape index (κ1) is 11.6. The molecule has 1 heterocycles. The summed E-state index contributed by atoms with van der Waals surface area (Å²) in [7, 11) is 1.66. The highest BCUT2D eigenvalue weighted by Gasteiger charge is 2.11. The molecule has 0 aliphatic carbocycles. The number of rotatable bonds is 2. The van der Waals surface area contributed by atoms with Crippen LogP contribution >= 0.6 is 11.3 Å². The summed E-state index contributed by atoms with van der Waals surface area (Å²) in [4.78, 5) is 4.27. The number of aromatic nitrogens is 1. The highest BCUT2D eigenvalue weighted by Crippen LogP contribution is 2.31. The van der Waals surface area contributed by atoms with Crippen LogP contribution in [0.3, 0.4) is 0 Å². The zero-order valence-corrected chi connectivity index (χ0v) is 10.8. The second-order valence-corrected chi connectivity index (χ2v) is 4.57. The second-order valence-electron chi connectivity index (χ2n) is 3.72. The maximum absolute atomic E-state index is 8.78. The van der Waals surface area contributed by atoms with Crippen LogP contribution in [0.5, 0.6) is 5.75 Å². The van der Waals surface area contributed by atoms with Crippen molar-refractivity contribution in [1.29, 1.82) is 5.26 Å². The van der Waals surface area contributed by atoms with E-state index in [1.807, 2.05) is 31.4 Å². The van der Waals surface area contributed by atoms with Crippen molar-refractivity contribution >= 4 is 11.3 Å². The van der Waals surface area contributed by atoms with E-state index < -0.39 is 0 Å². The first-order valence-electron chi connectivity index (χ1n) is 5.17. The van der Waals surface area contributed by atoms with Crippen LogP contribution in [0.4, 0.5) is 0 Å². The van der Waals surface area contributed by atoms with E-state index in [-0.39, 0.29) is 0 Å². The second kappa shape index (κ2) is 4.56. The Morgan fingerprint density at radius 3 is 2.65 bits per heavy atom. The Bertz CT molecular complexity index is 596. The van der Waals surface area contributed by atoms with Crippen molar-refractivity contribution in [2.45, 2.75) is 13.8 Å². The quantitative estimate of drug-likeness (QED) is 0.814. The molecular formula is C13H12N2OS. The molecule has 4 heteroatoms. The fraction of sp³-hybridized carbons (Fsp3) is 0.231. The molecule has 0 spiro atoms. The average Bonchev–Trinajstić information content (AvgIpc) is 2.81. The molecule has 1 aromatic heterocycles. The number of methoxy groups -OCH3 is 1. The van der Waals surface area contributed by atoms with Gasteiger partial charge in [-0.25, -0.2) is 4.98 Å². The van der Waals surface area contributed by atoms with E-state index in [1.54, 1.807) is 7.11 Å². The number of ether oxygens (including phenoxy) is 1. The van der Waals surface area contributed by atoms with E-state index in [4.69, 9.17) is 10.00 Å². The third-order valence-corrected chi connectivity index (χ3v) is 3.58. The summed E-state index contributed by atoms with van der Waals surface area (Å²) < 4.78 is 5.27. The molecule has 0 aliphatic rings. The Morgan fingerprint density at radius 2 is 2.06 bits per heavy atom. The Hall–Kier alpha value is -1.86. The van der Waals surface area contributed by atoms with Gasteiger partial charge in [-0.1, -0.05) is 0 Å². The lowest BCUT2D eigenvalue weighted by Gasteiger charge is -2.10. The van der Waals surface area contributed by atoms with Crippen molar-refractivity contribution in [2.75, 3.05) is 7.11 Å². The van der Waals surface area contributed by atoms with Crippen LogP contribution in [-0.4, -0.2) is 12.1 Å². The lowest BCUT2D eigenvalue weighted by molar-refractivity contribution is 0.411. The molecule has 86 valence electrons. The van der Waals surface area contributed by atoms with Crippen LogP contribution in [-0.2, 0) is 0 Å². The zero-order valence-electron chi connectivity index (χ0n) is 9.94. The van der Waals surface area contributed by atoms with Gasteiger partial charge in [0, 0.05) is 10.9 Å². The highest BCUT2D eigenvalue weighted by atomic mass is 32.1. The summed E-state index contributed by atoms with van der Waals surface area (Å²) in [6, 6.07) is 5.97. The predicted octanol–water partition coefficient (Wildman–Crippen LogP) is 3.31. The maximum Gasteiger partial charge on any atom is 0.194 e. The monoisotopic (exact) mass is 244 g/mol. The SMILES string of the molecule is COc1ccc(-c2csc(C#N)n2)c(C)c1C. The number of benzene rings is 1. The van der Waals surface area contributed by atoms with Crippen molar-refractivity contribution in [3.05, 3.63) is 33.6 Å². The number of hydrogen-bond donors (Lipinski definition) is 0. The lowest BCUT2D eigenvalue weighted by Crippen LogP contribution is -1.93. The molecule has 3 nitrogen and oxygen atoms in total. The van der Waals surface area contributed by atoms with Gasteiger partial charge in [0.1, 0.15) is 11.8 Å². The van der Waals surface area contributed by atoms with Crippen molar-refractivity contribution in [1.82, 2.24) is 4.98 Å². The first-order chi connectivity index (χ1) is 8.17. The van der Waals surface area contributed by atoms with E-state index in [9.17, 15) is 0 Å². The van der Waals surface area contributed by atoms with Gasteiger partial charge in [0.25, 0.3) is 0 Å². The molecule has 0 bridgehead atoms. The molecular weight excluding hydrogens is 232 g/mol. The normalized spacial score (nSPS) is 10.0. The molecule has 0 unspecified atom stereocenters. The largest absolute Gasteiger partial charge is 0.496 e. The topological polar surface area (TPSA) is 45.9 Å². The van der Waals surface area contributed by atoms with Crippen molar-refractivity contribution < 1.29 is 4.74 Å². The van der Waals surface area contributed by atoms with Crippen LogP contribution in [0.25, 0.3) is 11.3 Å². The molecule has 0 amide bonds. The van der Waals surface area contributed by atoms with E-state index in [1.165, 1.54) is 11.3 Å². The fourth-order valence-corrected chi connectivity index (χ4v) is 2.35. The van der Waals surface area contributed by atoms with Gasteiger partial charge in [-0.3, -0.25) is 0 Å². The summed E-state index contributed by atoms with van der Waals surface area (Å²) in [5.41, 5.74) is 4.16. The molecule has 0 N–H and O–H groups in total. The first-order valence-corrected chi connectivity index (χ1v) is 6.05. The zero-order chi connectivity index (χ0) is 12.4. The summed E-state index contributed by atoms with van der Waals surface area (Å²) in [6.07, 6.45) is 0. The van der Waals surface area contributed by atoms with Crippen LogP contribution < -0.4 is 4.74 Å². The maximum atomic E-state index is 8.78.